The standard InChI is InChI=1S/C11H16FN.C11H17N/c1-7(2)10-5-9(12)6-11(13-10)8(3)4;1-8(2)10-6-5-7-11(12-10)9(3)4/h5-8H,1-4H3;5-9H,1-4H3. The highest BCUT2D eigenvalue weighted by Gasteiger charge is 2.08. The molecule has 0 aliphatic rings. The van der Waals surface area contributed by atoms with Gasteiger partial charge in [-0.1, -0.05) is 61.5 Å². The summed E-state index contributed by atoms with van der Waals surface area (Å²) in [5.41, 5.74) is 4.06. The first kappa shape index (κ1) is 21.3. The molecular formula is C22H33FN2. The van der Waals surface area contributed by atoms with Crippen molar-refractivity contribution in [3.05, 3.63) is 58.9 Å². The van der Waals surface area contributed by atoms with Crippen molar-refractivity contribution in [1.29, 1.82) is 0 Å². The van der Waals surface area contributed by atoms with Crippen LogP contribution in [0.15, 0.2) is 30.3 Å². The molecule has 0 unspecified atom stereocenters. The molecule has 0 amide bonds. The first-order valence-electron chi connectivity index (χ1n) is 9.26. The van der Waals surface area contributed by atoms with E-state index in [1.165, 1.54) is 23.5 Å². The zero-order valence-corrected chi connectivity index (χ0v) is 17.0. The molecule has 0 aliphatic heterocycles. The largest absolute Gasteiger partial charge is 0.257 e. The second-order valence-corrected chi connectivity index (χ2v) is 7.74. The molecule has 0 radical (unpaired) electrons. The lowest BCUT2D eigenvalue weighted by atomic mass is 10.1. The summed E-state index contributed by atoms with van der Waals surface area (Å²) < 4.78 is 13.1. The Balaban J connectivity index is 0.000000251. The lowest BCUT2D eigenvalue weighted by molar-refractivity contribution is 0.609. The molecule has 25 heavy (non-hydrogen) atoms. The molecule has 0 aromatic carbocycles. The van der Waals surface area contributed by atoms with E-state index in [1.54, 1.807) is 0 Å². The molecule has 0 fully saturated rings. The Kier molecular flexibility index (Phi) is 8.21. The Morgan fingerprint density at radius 1 is 0.600 bits per heavy atom. The highest BCUT2D eigenvalue weighted by molar-refractivity contribution is 5.18. The van der Waals surface area contributed by atoms with Crippen molar-refractivity contribution in [2.45, 2.75) is 79.1 Å². The zero-order valence-electron chi connectivity index (χ0n) is 17.0. The third kappa shape index (κ3) is 6.93. The van der Waals surface area contributed by atoms with E-state index in [9.17, 15) is 4.39 Å². The third-order valence-corrected chi connectivity index (χ3v) is 3.99. The number of halogens is 1. The van der Waals surface area contributed by atoms with Crippen LogP contribution < -0.4 is 0 Å². The topological polar surface area (TPSA) is 25.8 Å². The van der Waals surface area contributed by atoms with Crippen LogP contribution in [0.1, 0.15) is 102 Å². The highest BCUT2D eigenvalue weighted by Crippen LogP contribution is 2.19. The van der Waals surface area contributed by atoms with E-state index < -0.39 is 0 Å². The van der Waals surface area contributed by atoms with Crippen LogP contribution in [0, 0.1) is 5.82 Å². The smallest absolute Gasteiger partial charge is 0.126 e. The Morgan fingerprint density at radius 2 is 0.920 bits per heavy atom. The maximum atomic E-state index is 13.1. The van der Waals surface area contributed by atoms with Crippen molar-refractivity contribution in [2.24, 2.45) is 0 Å². The van der Waals surface area contributed by atoms with E-state index >= 15 is 0 Å². The fourth-order valence-corrected chi connectivity index (χ4v) is 2.24. The minimum atomic E-state index is -0.178. The molecule has 2 rings (SSSR count). The highest BCUT2D eigenvalue weighted by atomic mass is 19.1. The van der Waals surface area contributed by atoms with Gasteiger partial charge < -0.3 is 0 Å². The minimum Gasteiger partial charge on any atom is -0.257 e. The second kappa shape index (κ2) is 9.65. The van der Waals surface area contributed by atoms with Gasteiger partial charge in [0.25, 0.3) is 0 Å². The van der Waals surface area contributed by atoms with Crippen LogP contribution >= 0.6 is 0 Å². The van der Waals surface area contributed by atoms with E-state index in [0.717, 1.165) is 11.4 Å². The van der Waals surface area contributed by atoms with Crippen LogP contribution in [0.2, 0.25) is 0 Å². The molecule has 0 saturated carbocycles. The maximum absolute atomic E-state index is 13.1. The van der Waals surface area contributed by atoms with Crippen molar-refractivity contribution < 1.29 is 4.39 Å². The van der Waals surface area contributed by atoms with Gasteiger partial charge in [-0.25, -0.2) is 4.39 Å². The van der Waals surface area contributed by atoms with Gasteiger partial charge in [-0.05, 0) is 47.9 Å². The molecule has 2 aromatic heterocycles. The Hall–Kier alpha value is -1.77. The van der Waals surface area contributed by atoms with Crippen LogP contribution in [-0.2, 0) is 0 Å². The number of rotatable bonds is 4. The van der Waals surface area contributed by atoms with Crippen molar-refractivity contribution in [3.63, 3.8) is 0 Å². The van der Waals surface area contributed by atoms with Gasteiger partial charge in [0.1, 0.15) is 5.82 Å². The average Bonchev–Trinajstić information content (AvgIpc) is 2.54. The quantitative estimate of drug-likeness (QED) is 0.610. The van der Waals surface area contributed by atoms with Gasteiger partial charge in [0.05, 0.1) is 0 Å². The SMILES string of the molecule is CC(C)c1cc(F)cc(C(C)C)n1.CC(C)c1cccc(C(C)C)n1. The number of hydrogen-bond acceptors (Lipinski definition) is 2. The van der Waals surface area contributed by atoms with Gasteiger partial charge in [-0.15, -0.1) is 0 Å². The Morgan fingerprint density at radius 3 is 1.24 bits per heavy atom. The van der Waals surface area contributed by atoms with Crippen molar-refractivity contribution in [3.8, 4) is 0 Å². The van der Waals surface area contributed by atoms with Gasteiger partial charge >= 0.3 is 0 Å². The Labute approximate surface area is 152 Å². The predicted octanol–water partition coefficient (Wildman–Crippen LogP) is 6.80. The van der Waals surface area contributed by atoms with Crippen LogP contribution in [0.4, 0.5) is 4.39 Å². The molecule has 0 bridgehead atoms. The van der Waals surface area contributed by atoms with E-state index in [-0.39, 0.29) is 17.7 Å². The first-order valence-corrected chi connectivity index (χ1v) is 9.26. The number of pyridine rings is 2. The van der Waals surface area contributed by atoms with Crippen LogP contribution in [0.5, 0.6) is 0 Å². The van der Waals surface area contributed by atoms with Gasteiger partial charge in [0.2, 0.25) is 0 Å². The summed E-state index contributed by atoms with van der Waals surface area (Å²) in [6.07, 6.45) is 0. The summed E-state index contributed by atoms with van der Waals surface area (Å²) in [5.74, 6) is 1.45. The van der Waals surface area contributed by atoms with Gasteiger partial charge in [0, 0.05) is 22.8 Å². The summed E-state index contributed by atoms with van der Waals surface area (Å²) in [6, 6.07) is 9.30. The fourth-order valence-electron chi connectivity index (χ4n) is 2.24. The molecule has 2 nitrogen and oxygen atoms in total. The summed E-state index contributed by atoms with van der Waals surface area (Å²) >= 11 is 0. The predicted molar refractivity (Wildman–Crippen MR) is 105 cm³/mol. The van der Waals surface area contributed by atoms with Crippen molar-refractivity contribution >= 4 is 0 Å². The summed E-state index contributed by atoms with van der Waals surface area (Å²) in [7, 11) is 0. The van der Waals surface area contributed by atoms with E-state index in [2.05, 4.69) is 55.9 Å². The third-order valence-electron chi connectivity index (χ3n) is 3.99. The van der Waals surface area contributed by atoms with Gasteiger partial charge in [-0.3, -0.25) is 9.97 Å². The normalized spacial score (nSPS) is 11.2. The molecule has 2 heterocycles. The number of aromatic nitrogens is 2. The molecule has 3 heteroatoms. The molecule has 0 saturated heterocycles. The second-order valence-electron chi connectivity index (χ2n) is 7.74. The summed E-state index contributed by atoms with van der Waals surface area (Å²) in [5, 5.41) is 0. The Bertz CT molecular complexity index is 611. The maximum Gasteiger partial charge on any atom is 0.126 e. The molecule has 0 atom stereocenters. The van der Waals surface area contributed by atoms with E-state index in [4.69, 9.17) is 0 Å². The monoisotopic (exact) mass is 344 g/mol. The van der Waals surface area contributed by atoms with Gasteiger partial charge in [0.15, 0.2) is 0 Å². The first-order chi connectivity index (χ1) is 11.6. The number of nitrogens with zero attached hydrogens (tertiary/aromatic N) is 2. The van der Waals surface area contributed by atoms with Crippen LogP contribution in [0.3, 0.4) is 0 Å². The fraction of sp³-hybridized carbons (Fsp3) is 0.545. The lowest BCUT2D eigenvalue weighted by Crippen LogP contribution is -2.00. The average molecular weight is 345 g/mol. The van der Waals surface area contributed by atoms with Crippen molar-refractivity contribution in [1.82, 2.24) is 9.97 Å². The molecule has 138 valence electrons. The molecule has 0 spiro atoms. The molecule has 0 aliphatic carbocycles. The number of hydrogen-bond donors (Lipinski definition) is 0. The molecular weight excluding hydrogens is 311 g/mol. The summed E-state index contributed by atoms with van der Waals surface area (Å²) in [4.78, 5) is 8.96. The van der Waals surface area contributed by atoms with Crippen molar-refractivity contribution in [2.75, 3.05) is 0 Å². The van der Waals surface area contributed by atoms with Gasteiger partial charge in [-0.2, -0.15) is 0 Å². The van der Waals surface area contributed by atoms with Crippen LogP contribution in [-0.4, -0.2) is 9.97 Å². The van der Waals surface area contributed by atoms with E-state index in [0.29, 0.717) is 11.8 Å². The molecule has 2 aromatic rings. The minimum absolute atomic E-state index is 0.178. The van der Waals surface area contributed by atoms with Crippen LogP contribution in [0.25, 0.3) is 0 Å². The van der Waals surface area contributed by atoms with E-state index in [1.807, 2.05) is 27.7 Å². The zero-order chi connectivity index (χ0) is 19.1. The molecule has 0 N–H and O–H groups in total. The lowest BCUT2D eigenvalue weighted by Gasteiger charge is -2.09. The summed E-state index contributed by atoms with van der Waals surface area (Å²) in [6.45, 7) is 16.8.